The third-order valence-electron chi connectivity index (χ3n) is 11.1. The number of nitrogens with zero attached hydrogens (tertiary/aromatic N) is 5. The zero-order chi connectivity index (χ0) is 37.0. The first-order valence-corrected chi connectivity index (χ1v) is 19.2. The van der Waals surface area contributed by atoms with Gasteiger partial charge in [0, 0.05) is 49.6 Å². The fourth-order valence-corrected chi connectivity index (χ4v) is 8.54. The molecule has 264 valence electrons. The Hall–Kier alpha value is -7.37. The second-order valence-electron chi connectivity index (χ2n) is 14.4. The number of hydrogen-bond donors (Lipinski definition) is 0. The monoisotopic (exact) mass is 717 g/mol. The number of benzene rings is 7. The molecule has 3 heterocycles. The number of hydrogen-bond acceptors (Lipinski definition) is 3. The summed E-state index contributed by atoms with van der Waals surface area (Å²) in [4.78, 5) is 15.4. The van der Waals surface area contributed by atoms with Crippen molar-refractivity contribution in [2.75, 3.05) is 0 Å². The molecule has 0 unspecified atom stereocenters. The minimum atomic E-state index is 0.672. The van der Waals surface area contributed by atoms with E-state index in [2.05, 4.69) is 161 Å². The normalized spacial score (nSPS) is 13.2. The number of rotatable bonds is 6. The quantitative estimate of drug-likeness (QED) is 0.172. The van der Waals surface area contributed by atoms with E-state index in [4.69, 9.17) is 15.0 Å². The van der Waals surface area contributed by atoms with Gasteiger partial charge >= 0.3 is 0 Å². The van der Waals surface area contributed by atoms with Gasteiger partial charge in [0.2, 0.25) is 0 Å². The lowest BCUT2D eigenvalue weighted by Gasteiger charge is -2.23. The first-order valence-electron chi connectivity index (χ1n) is 19.2. The summed E-state index contributed by atoms with van der Waals surface area (Å²) < 4.78 is 4.90. The Labute approximate surface area is 324 Å². The van der Waals surface area contributed by atoms with Crippen LogP contribution in [-0.4, -0.2) is 24.1 Å². The van der Waals surface area contributed by atoms with E-state index < -0.39 is 0 Å². The molecule has 0 amide bonds. The first-order chi connectivity index (χ1) is 27.8. The SMILES string of the molecule is C1=C(n2c3ccccc3c3cc4c(cc32)c2ccccc2n4-c2ccccc2)CCC(c2nc(-c3ccccc3)nc(-c3ccccc3)n2)=C1c1ccccc1. The summed E-state index contributed by atoms with van der Waals surface area (Å²) in [5, 5.41) is 4.96. The molecule has 1 aliphatic rings. The van der Waals surface area contributed by atoms with Crippen LogP contribution in [0.25, 0.3) is 88.9 Å². The highest BCUT2D eigenvalue weighted by Crippen LogP contribution is 2.43. The Bertz CT molecular complexity index is 3100. The van der Waals surface area contributed by atoms with Crippen LogP contribution in [0.1, 0.15) is 24.2 Å². The van der Waals surface area contributed by atoms with Crippen LogP contribution < -0.4 is 0 Å². The van der Waals surface area contributed by atoms with Gasteiger partial charge in [-0.25, -0.2) is 15.0 Å². The largest absolute Gasteiger partial charge is 0.313 e. The van der Waals surface area contributed by atoms with Crippen LogP contribution in [0.2, 0.25) is 0 Å². The molecule has 0 saturated carbocycles. The van der Waals surface area contributed by atoms with Gasteiger partial charge in [-0.2, -0.15) is 0 Å². The number of para-hydroxylation sites is 3. The molecule has 5 nitrogen and oxygen atoms in total. The van der Waals surface area contributed by atoms with E-state index in [1.165, 1.54) is 49.3 Å². The lowest BCUT2D eigenvalue weighted by atomic mass is 9.90. The van der Waals surface area contributed by atoms with Crippen molar-refractivity contribution in [2.45, 2.75) is 12.8 Å². The lowest BCUT2D eigenvalue weighted by Crippen LogP contribution is -2.08. The third kappa shape index (κ3) is 5.28. The number of aromatic nitrogens is 5. The molecule has 0 N–H and O–H groups in total. The van der Waals surface area contributed by atoms with Gasteiger partial charge in [0.25, 0.3) is 0 Å². The summed E-state index contributed by atoms with van der Waals surface area (Å²) in [6.45, 7) is 0. The third-order valence-corrected chi connectivity index (χ3v) is 11.1. The smallest absolute Gasteiger partial charge is 0.164 e. The molecule has 0 fully saturated rings. The molecule has 5 heteroatoms. The van der Waals surface area contributed by atoms with Crippen molar-refractivity contribution < 1.29 is 0 Å². The minimum absolute atomic E-state index is 0.672. The van der Waals surface area contributed by atoms with Crippen molar-refractivity contribution in [3.8, 4) is 28.5 Å². The highest BCUT2D eigenvalue weighted by molar-refractivity contribution is 6.19. The van der Waals surface area contributed by atoms with Crippen LogP contribution >= 0.6 is 0 Å². The first kappa shape index (κ1) is 32.1. The highest BCUT2D eigenvalue weighted by Gasteiger charge is 2.25. The van der Waals surface area contributed by atoms with Crippen molar-refractivity contribution in [2.24, 2.45) is 0 Å². The lowest BCUT2D eigenvalue weighted by molar-refractivity contribution is 0.957. The molecule has 0 radical (unpaired) electrons. The molecule has 10 aromatic rings. The Morgan fingerprint density at radius 1 is 0.357 bits per heavy atom. The molecule has 1 aliphatic carbocycles. The van der Waals surface area contributed by atoms with E-state index in [9.17, 15) is 0 Å². The van der Waals surface area contributed by atoms with Gasteiger partial charge in [-0.3, -0.25) is 0 Å². The Balaban J connectivity index is 1.16. The molecular weight excluding hydrogens is 683 g/mol. The van der Waals surface area contributed by atoms with Crippen molar-refractivity contribution >= 4 is 60.5 Å². The number of allylic oxidation sites excluding steroid dienone is 4. The van der Waals surface area contributed by atoms with Gasteiger partial charge in [0.15, 0.2) is 17.5 Å². The topological polar surface area (TPSA) is 48.5 Å². The van der Waals surface area contributed by atoms with Gasteiger partial charge < -0.3 is 9.13 Å². The summed E-state index contributed by atoms with van der Waals surface area (Å²) in [6, 6.07) is 64.2. The standard InChI is InChI=1S/C51H35N5/c1-5-17-34(18-6-1)42-31-38(29-30-41(42)51-53-49(35-19-7-2-8-20-35)52-50(54-51)36-21-9-3-10-22-36)56-46-28-16-14-26-40(46)44-32-47-43(33-48(44)56)39-25-13-15-27-45(39)55(47)37-23-11-4-12-24-37/h1-28,31-33H,29-30H2. The molecule has 0 atom stereocenters. The van der Waals surface area contributed by atoms with Crippen molar-refractivity contribution in [3.05, 3.63) is 199 Å². The van der Waals surface area contributed by atoms with Crippen LogP contribution in [0.5, 0.6) is 0 Å². The Kier molecular flexibility index (Phi) is 7.56. The Morgan fingerprint density at radius 3 is 1.38 bits per heavy atom. The summed E-state index contributed by atoms with van der Waals surface area (Å²) in [5.41, 5.74) is 12.5. The van der Waals surface area contributed by atoms with Crippen LogP contribution in [0, 0.1) is 0 Å². The van der Waals surface area contributed by atoms with E-state index in [-0.39, 0.29) is 0 Å². The van der Waals surface area contributed by atoms with E-state index in [1.807, 2.05) is 36.4 Å². The fourth-order valence-electron chi connectivity index (χ4n) is 8.54. The molecule has 0 spiro atoms. The molecule has 0 aliphatic heterocycles. The second-order valence-corrected chi connectivity index (χ2v) is 14.4. The average molecular weight is 718 g/mol. The maximum Gasteiger partial charge on any atom is 0.164 e. The van der Waals surface area contributed by atoms with E-state index in [1.54, 1.807) is 0 Å². The second kappa shape index (κ2) is 13.2. The summed E-state index contributed by atoms with van der Waals surface area (Å²) in [7, 11) is 0. The molecule has 0 bridgehead atoms. The molecule has 7 aromatic carbocycles. The van der Waals surface area contributed by atoms with Gasteiger partial charge in [0.05, 0.1) is 22.1 Å². The van der Waals surface area contributed by atoms with Gasteiger partial charge in [-0.1, -0.05) is 146 Å². The number of fused-ring (bicyclic) bond motifs is 6. The summed E-state index contributed by atoms with van der Waals surface area (Å²) >= 11 is 0. The van der Waals surface area contributed by atoms with Crippen LogP contribution in [-0.2, 0) is 0 Å². The molecular formula is C51H35N5. The van der Waals surface area contributed by atoms with Gasteiger partial charge in [0.1, 0.15) is 0 Å². The molecule has 3 aromatic heterocycles. The molecule has 0 saturated heterocycles. The predicted molar refractivity (Wildman–Crippen MR) is 231 cm³/mol. The highest BCUT2D eigenvalue weighted by atomic mass is 15.0. The zero-order valence-corrected chi connectivity index (χ0v) is 30.5. The average Bonchev–Trinajstić information content (AvgIpc) is 3.78. The van der Waals surface area contributed by atoms with Crippen molar-refractivity contribution in [1.29, 1.82) is 0 Å². The van der Waals surface area contributed by atoms with Crippen molar-refractivity contribution in [1.82, 2.24) is 24.1 Å². The van der Waals surface area contributed by atoms with E-state index in [0.29, 0.717) is 17.5 Å². The fraction of sp³-hybridized carbons (Fsp3) is 0.0392. The van der Waals surface area contributed by atoms with Gasteiger partial charge in [-0.15, -0.1) is 0 Å². The predicted octanol–water partition coefficient (Wildman–Crippen LogP) is 12.7. The van der Waals surface area contributed by atoms with Crippen molar-refractivity contribution in [3.63, 3.8) is 0 Å². The summed E-state index contributed by atoms with van der Waals surface area (Å²) in [6.07, 6.45) is 3.97. The minimum Gasteiger partial charge on any atom is -0.313 e. The molecule has 11 rings (SSSR count). The van der Waals surface area contributed by atoms with Gasteiger partial charge in [-0.05, 0) is 66.5 Å². The van der Waals surface area contributed by atoms with E-state index in [0.717, 1.165) is 46.4 Å². The van der Waals surface area contributed by atoms with E-state index >= 15 is 0 Å². The zero-order valence-electron chi connectivity index (χ0n) is 30.5. The maximum absolute atomic E-state index is 5.19. The van der Waals surface area contributed by atoms with Crippen LogP contribution in [0.4, 0.5) is 0 Å². The van der Waals surface area contributed by atoms with Crippen LogP contribution in [0.15, 0.2) is 188 Å². The van der Waals surface area contributed by atoms with Crippen LogP contribution in [0.3, 0.4) is 0 Å². The maximum atomic E-state index is 5.19. The Morgan fingerprint density at radius 2 is 0.804 bits per heavy atom. The molecule has 56 heavy (non-hydrogen) atoms. The summed E-state index contributed by atoms with van der Waals surface area (Å²) in [5.74, 6) is 2.06.